The average Bonchev–Trinajstić information content (AvgIpc) is 2.16. The number of aliphatic carboxylic acids is 1. The molecule has 1 atom stereocenters. The Morgan fingerprint density at radius 3 is 2.69 bits per heavy atom. The van der Waals surface area contributed by atoms with Crippen LogP contribution in [0.1, 0.15) is 6.92 Å². The first-order valence-corrected chi connectivity index (χ1v) is 4.55. The predicted molar refractivity (Wildman–Crippen MR) is 55.7 cm³/mol. The van der Waals surface area contributed by atoms with Crippen molar-refractivity contribution in [2.45, 2.75) is 13.0 Å². The molecule has 0 saturated heterocycles. The van der Waals surface area contributed by atoms with Crippen LogP contribution in [0.5, 0.6) is 0 Å². The van der Waals surface area contributed by atoms with Gasteiger partial charge < -0.3 is 15.7 Å². The predicted octanol–water partition coefficient (Wildman–Crippen LogP) is 1.42. The zero-order valence-electron chi connectivity index (χ0n) is 8.53. The lowest BCUT2D eigenvalue weighted by molar-refractivity contribution is -0.138. The summed E-state index contributed by atoms with van der Waals surface area (Å²) in [5, 5.41) is 13.0. The van der Waals surface area contributed by atoms with Crippen molar-refractivity contribution >= 4 is 17.7 Å². The Bertz CT molecular complexity index is 409. The summed E-state index contributed by atoms with van der Waals surface area (Å²) in [4.78, 5) is 21.7. The van der Waals surface area contributed by atoms with Gasteiger partial charge in [0.15, 0.2) is 0 Å². The first-order chi connectivity index (χ1) is 7.49. The number of rotatable bonds is 3. The highest BCUT2D eigenvalue weighted by atomic mass is 19.1. The maximum Gasteiger partial charge on any atom is 0.325 e. The summed E-state index contributed by atoms with van der Waals surface area (Å²) in [7, 11) is 0. The number of amides is 2. The van der Waals surface area contributed by atoms with Crippen LogP contribution in [0.4, 0.5) is 14.9 Å². The van der Waals surface area contributed by atoms with E-state index in [9.17, 15) is 14.0 Å². The molecule has 0 fully saturated rings. The molecule has 0 aromatic heterocycles. The van der Waals surface area contributed by atoms with Gasteiger partial charge in [-0.2, -0.15) is 0 Å². The van der Waals surface area contributed by atoms with Crippen molar-refractivity contribution in [1.29, 1.82) is 0 Å². The number of anilines is 1. The molecular formula is C10H11FN2O3. The maximum absolute atomic E-state index is 12.7. The highest BCUT2D eigenvalue weighted by Crippen LogP contribution is 2.08. The van der Waals surface area contributed by atoms with E-state index in [0.29, 0.717) is 0 Å². The molecule has 0 aliphatic rings. The third-order valence-corrected chi connectivity index (χ3v) is 1.80. The number of carboxylic acids is 1. The Kier molecular flexibility index (Phi) is 3.82. The molecule has 0 spiro atoms. The quantitative estimate of drug-likeness (QED) is 0.729. The van der Waals surface area contributed by atoms with Gasteiger partial charge in [0.25, 0.3) is 0 Å². The molecule has 1 aromatic rings. The van der Waals surface area contributed by atoms with Crippen LogP contribution in [0, 0.1) is 5.82 Å². The Morgan fingerprint density at radius 1 is 1.44 bits per heavy atom. The smallest absolute Gasteiger partial charge is 0.325 e. The number of carbonyl (C=O) groups excluding carboxylic acids is 1. The zero-order chi connectivity index (χ0) is 12.1. The summed E-state index contributed by atoms with van der Waals surface area (Å²) in [6.45, 7) is 1.33. The summed E-state index contributed by atoms with van der Waals surface area (Å²) < 4.78 is 12.7. The van der Waals surface area contributed by atoms with Gasteiger partial charge in [-0.15, -0.1) is 0 Å². The molecule has 2 amide bonds. The maximum atomic E-state index is 12.7. The van der Waals surface area contributed by atoms with E-state index in [2.05, 4.69) is 10.6 Å². The lowest BCUT2D eigenvalue weighted by Gasteiger charge is -2.10. The van der Waals surface area contributed by atoms with Gasteiger partial charge >= 0.3 is 12.0 Å². The fourth-order valence-electron chi connectivity index (χ4n) is 0.992. The van der Waals surface area contributed by atoms with Crippen LogP contribution in [0.15, 0.2) is 24.3 Å². The zero-order valence-corrected chi connectivity index (χ0v) is 8.53. The van der Waals surface area contributed by atoms with E-state index in [4.69, 9.17) is 5.11 Å². The van der Waals surface area contributed by atoms with Crippen molar-refractivity contribution in [2.75, 3.05) is 5.32 Å². The number of hydrogen-bond donors (Lipinski definition) is 3. The number of carboxylic acid groups (broad SMARTS) is 1. The number of halogens is 1. The molecule has 0 heterocycles. The second kappa shape index (κ2) is 5.11. The molecule has 0 bridgehead atoms. The highest BCUT2D eigenvalue weighted by Gasteiger charge is 2.13. The number of benzene rings is 1. The third kappa shape index (κ3) is 3.56. The molecule has 3 N–H and O–H groups in total. The van der Waals surface area contributed by atoms with E-state index >= 15 is 0 Å². The highest BCUT2D eigenvalue weighted by molar-refractivity contribution is 5.92. The summed E-state index contributed by atoms with van der Waals surface area (Å²) in [6, 6.07) is 3.60. The summed E-state index contributed by atoms with van der Waals surface area (Å²) in [6.07, 6.45) is 0. The number of nitrogens with one attached hydrogen (secondary N) is 2. The Balaban J connectivity index is 2.55. The van der Waals surface area contributed by atoms with Crippen molar-refractivity contribution in [2.24, 2.45) is 0 Å². The van der Waals surface area contributed by atoms with Crippen LogP contribution in [0.3, 0.4) is 0 Å². The van der Waals surface area contributed by atoms with Gasteiger partial charge in [0.05, 0.1) is 0 Å². The van der Waals surface area contributed by atoms with Crippen LogP contribution < -0.4 is 10.6 Å². The van der Waals surface area contributed by atoms with Crippen LogP contribution in [0.25, 0.3) is 0 Å². The molecule has 16 heavy (non-hydrogen) atoms. The molecule has 0 radical (unpaired) electrons. The molecule has 86 valence electrons. The monoisotopic (exact) mass is 226 g/mol. The lowest BCUT2D eigenvalue weighted by Crippen LogP contribution is -2.40. The number of hydrogen-bond acceptors (Lipinski definition) is 2. The number of urea groups is 1. The molecular weight excluding hydrogens is 215 g/mol. The molecule has 5 nitrogen and oxygen atoms in total. The van der Waals surface area contributed by atoms with E-state index in [-0.39, 0.29) is 5.69 Å². The average molecular weight is 226 g/mol. The number of carbonyl (C=O) groups is 2. The van der Waals surface area contributed by atoms with E-state index in [1.807, 2.05) is 0 Å². The van der Waals surface area contributed by atoms with Crippen LogP contribution >= 0.6 is 0 Å². The molecule has 0 aliphatic heterocycles. The topological polar surface area (TPSA) is 78.4 Å². The Hall–Kier alpha value is -2.11. The molecule has 6 heteroatoms. The second-order valence-electron chi connectivity index (χ2n) is 3.17. The van der Waals surface area contributed by atoms with Gasteiger partial charge in [0.2, 0.25) is 0 Å². The minimum atomic E-state index is -1.14. The van der Waals surface area contributed by atoms with Crippen molar-refractivity contribution < 1.29 is 19.1 Å². The van der Waals surface area contributed by atoms with Crippen LogP contribution in [-0.4, -0.2) is 23.1 Å². The molecule has 0 aliphatic carbocycles. The molecule has 0 unspecified atom stereocenters. The van der Waals surface area contributed by atoms with Gasteiger partial charge in [-0.05, 0) is 25.1 Å². The fourth-order valence-corrected chi connectivity index (χ4v) is 0.992. The van der Waals surface area contributed by atoms with Gasteiger partial charge in [-0.1, -0.05) is 6.07 Å². The van der Waals surface area contributed by atoms with Crippen molar-refractivity contribution in [3.8, 4) is 0 Å². The standard InChI is InChI=1S/C10H11FN2O3/c1-6(9(14)15)12-10(16)13-8-4-2-3-7(11)5-8/h2-6H,1H3,(H,14,15)(H2,12,13,16)/t6-/m1/s1. The third-order valence-electron chi connectivity index (χ3n) is 1.80. The second-order valence-corrected chi connectivity index (χ2v) is 3.17. The first-order valence-electron chi connectivity index (χ1n) is 4.55. The Labute approximate surface area is 91.3 Å². The molecule has 1 rings (SSSR count). The summed E-state index contributed by atoms with van der Waals surface area (Å²) >= 11 is 0. The SMILES string of the molecule is C[C@@H](NC(=O)Nc1cccc(F)c1)C(=O)O. The lowest BCUT2D eigenvalue weighted by atomic mass is 10.3. The van der Waals surface area contributed by atoms with E-state index in [1.165, 1.54) is 25.1 Å². The van der Waals surface area contributed by atoms with Gasteiger partial charge in [0.1, 0.15) is 11.9 Å². The van der Waals surface area contributed by atoms with Crippen molar-refractivity contribution in [3.63, 3.8) is 0 Å². The summed E-state index contributed by atoms with van der Waals surface area (Å²) in [5.74, 6) is -1.63. The molecule has 1 aromatic carbocycles. The fraction of sp³-hybridized carbons (Fsp3) is 0.200. The van der Waals surface area contributed by atoms with Gasteiger partial charge in [-0.3, -0.25) is 4.79 Å². The van der Waals surface area contributed by atoms with E-state index in [1.54, 1.807) is 0 Å². The van der Waals surface area contributed by atoms with Gasteiger partial charge in [-0.25, -0.2) is 9.18 Å². The van der Waals surface area contributed by atoms with Gasteiger partial charge in [0, 0.05) is 5.69 Å². The van der Waals surface area contributed by atoms with E-state index in [0.717, 1.165) is 6.07 Å². The van der Waals surface area contributed by atoms with Crippen molar-refractivity contribution in [1.82, 2.24) is 5.32 Å². The minimum Gasteiger partial charge on any atom is -0.480 e. The largest absolute Gasteiger partial charge is 0.480 e. The Morgan fingerprint density at radius 2 is 2.12 bits per heavy atom. The first kappa shape index (κ1) is 12.0. The van der Waals surface area contributed by atoms with Crippen molar-refractivity contribution in [3.05, 3.63) is 30.1 Å². The molecule has 0 saturated carbocycles. The normalized spacial score (nSPS) is 11.6. The minimum absolute atomic E-state index is 0.259. The summed E-state index contributed by atoms with van der Waals surface area (Å²) in [5.41, 5.74) is 0.259. The van der Waals surface area contributed by atoms with Crippen LogP contribution in [-0.2, 0) is 4.79 Å². The van der Waals surface area contributed by atoms with Crippen LogP contribution in [0.2, 0.25) is 0 Å². The van der Waals surface area contributed by atoms with E-state index < -0.39 is 23.9 Å².